The third kappa shape index (κ3) is 3.14. The highest BCUT2D eigenvalue weighted by Crippen LogP contribution is 2.34. The molecule has 114 valence electrons. The molecule has 0 saturated carbocycles. The summed E-state index contributed by atoms with van der Waals surface area (Å²) in [6, 6.07) is 3.19. The summed E-state index contributed by atoms with van der Waals surface area (Å²) < 4.78 is 27.6. The maximum Gasteiger partial charge on any atom is 0.252 e. The van der Waals surface area contributed by atoms with E-state index in [1.54, 1.807) is 27.8 Å². The zero-order valence-corrected chi connectivity index (χ0v) is 14.5. The van der Waals surface area contributed by atoms with Gasteiger partial charge in [0.25, 0.3) is 10.0 Å². The Balaban J connectivity index is 1.83. The maximum absolute atomic E-state index is 12.6. The van der Waals surface area contributed by atoms with E-state index in [2.05, 4.69) is 10.2 Å². The van der Waals surface area contributed by atoms with Crippen LogP contribution in [0.1, 0.15) is 28.8 Å². The van der Waals surface area contributed by atoms with Gasteiger partial charge in [-0.3, -0.25) is 0 Å². The second-order valence-corrected chi connectivity index (χ2v) is 10.0. The van der Waals surface area contributed by atoms with Crippen molar-refractivity contribution in [2.24, 2.45) is 0 Å². The predicted molar refractivity (Wildman–Crippen MR) is 84.7 cm³/mol. The molecule has 0 unspecified atom stereocenters. The van der Waals surface area contributed by atoms with Crippen molar-refractivity contribution < 1.29 is 8.42 Å². The fourth-order valence-electron chi connectivity index (χ4n) is 2.40. The van der Waals surface area contributed by atoms with E-state index in [-0.39, 0.29) is 5.92 Å². The van der Waals surface area contributed by atoms with Crippen LogP contribution in [0.4, 0.5) is 0 Å². The first-order valence-corrected chi connectivity index (χ1v) is 9.97. The highest BCUT2D eigenvalue weighted by atomic mass is 35.5. The smallest absolute Gasteiger partial charge is 0.206 e. The van der Waals surface area contributed by atoms with Crippen molar-refractivity contribution in [1.29, 1.82) is 0 Å². The first kappa shape index (κ1) is 15.4. The van der Waals surface area contributed by atoms with E-state index in [0.717, 1.165) is 34.2 Å². The van der Waals surface area contributed by atoms with E-state index in [1.807, 2.05) is 6.92 Å². The van der Waals surface area contributed by atoms with Gasteiger partial charge in [0, 0.05) is 19.0 Å². The lowest BCUT2D eigenvalue weighted by molar-refractivity contribution is 0.315. The summed E-state index contributed by atoms with van der Waals surface area (Å²) in [5, 5.41) is 10.0. The Labute approximate surface area is 136 Å². The van der Waals surface area contributed by atoms with E-state index in [4.69, 9.17) is 11.6 Å². The van der Waals surface area contributed by atoms with E-state index in [0.29, 0.717) is 21.6 Å². The van der Waals surface area contributed by atoms with Crippen molar-refractivity contribution in [2.75, 3.05) is 13.1 Å². The maximum atomic E-state index is 12.6. The molecule has 1 atom stereocenters. The molecule has 0 radical (unpaired) electrons. The fourth-order valence-corrected chi connectivity index (χ4v) is 6.39. The summed E-state index contributed by atoms with van der Waals surface area (Å²) in [4.78, 5) is 0. The molecule has 0 bridgehead atoms. The summed E-state index contributed by atoms with van der Waals surface area (Å²) in [5.41, 5.74) is 0. The van der Waals surface area contributed by atoms with Gasteiger partial charge in [0.05, 0.1) is 4.34 Å². The molecule has 5 nitrogen and oxygen atoms in total. The Morgan fingerprint density at radius 1 is 1.33 bits per heavy atom. The summed E-state index contributed by atoms with van der Waals surface area (Å²) in [6.45, 7) is 2.92. The molecule has 0 N–H and O–H groups in total. The topological polar surface area (TPSA) is 63.2 Å². The SMILES string of the molecule is Cc1nnc([C@H]2CCCN(S(=O)(=O)c3ccc(Cl)s3)C2)s1. The van der Waals surface area contributed by atoms with Gasteiger partial charge in [0.2, 0.25) is 0 Å². The fraction of sp³-hybridized carbons (Fsp3) is 0.500. The zero-order chi connectivity index (χ0) is 15.0. The molecule has 3 heterocycles. The van der Waals surface area contributed by atoms with Crippen LogP contribution in [-0.4, -0.2) is 36.0 Å². The molecule has 2 aromatic heterocycles. The van der Waals surface area contributed by atoms with Gasteiger partial charge in [-0.1, -0.05) is 11.6 Å². The standard InChI is InChI=1S/C12H14ClN3O2S3/c1-8-14-15-12(19-8)9-3-2-6-16(7-9)21(17,18)11-5-4-10(13)20-11/h4-5,9H,2-3,6-7H2,1H3/t9-/m0/s1. The molecule has 3 rings (SSSR count). The highest BCUT2D eigenvalue weighted by molar-refractivity contribution is 7.91. The monoisotopic (exact) mass is 363 g/mol. The van der Waals surface area contributed by atoms with E-state index < -0.39 is 10.0 Å². The average Bonchev–Trinajstić information content (AvgIpc) is 3.08. The number of hydrogen-bond acceptors (Lipinski definition) is 6. The van der Waals surface area contributed by atoms with E-state index in [1.165, 1.54) is 0 Å². The normalized spacial score (nSPS) is 20.8. The van der Waals surface area contributed by atoms with Crippen LogP contribution in [0.3, 0.4) is 0 Å². The van der Waals surface area contributed by atoms with Gasteiger partial charge in [0.15, 0.2) is 0 Å². The number of halogens is 1. The van der Waals surface area contributed by atoms with Crippen molar-refractivity contribution in [3.8, 4) is 0 Å². The number of aryl methyl sites for hydroxylation is 1. The Morgan fingerprint density at radius 2 is 2.14 bits per heavy atom. The van der Waals surface area contributed by atoms with Crippen molar-refractivity contribution in [3.63, 3.8) is 0 Å². The minimum atomic E-state index is -3.45. The van der Waals surface area contributed by atoms with Crippen LogP contribution < -0.4 is 0 Å². The second-order valence-electron chi connectivity index (χ2n) is 4.92. The predicted octanol–water partition coefficient (Wildman–Crippen LogP) is 3.13. The number of aromatic nitrogens is 2. The lowest BCUT2D eigenvalue weighted by Gasteiger charge is -2.30. The van der Waals surface area contributed by atoms with Crippen LogP contribution in [0.15, 0.2) is 16.3 Å². The molecule has 0 aliphatic carbocycles. The van der Waals surface area contributed by atoms with Crippen LogP contribution in [0.5, 0.6) is 0 Å². The highest BCUT2D eigenvalue weighted by Gasteiger charge is 2.33. The largest absolute Gasteiger partial charge is 0.252 e. The van der Waals surface area contributed by atoms with Crippen LogP contribution in [0.2, 0.25) is 4.34 Å². The number of sulfonamides is 1. The first-order chi connectivity index (χ1) is 9.96. The number of hydrogen-bond donors (Lipinski definition) is 0. The minimum absolute atomic E-state index is 0.134. The Hall–Kier alpha value is -0.540. The van der Waals surface area contributed by atoms with Gasteiger partial charge in [-0.15, -0.1) is 32.9 Å². The first-order valence-electron chi connectivity index (χ1n) is 6.52. The quantitative estimate of drug-likeness (QED) is 0.840. The average molecular weight is 364 g/mol. The molecule has 1 saturated heterocycles. The molecule has 1 fully saturated rings. The molecule has 1 aliphatic rings. The third-order valence-corrected chi connectivity index (χ3v) is 7.98. The summed E-state index contributed by atoms with van der Waals surface area (Å²) in [5.74, 6) is 0.134. The number of nitrogens with zero attached hydrogens (tertiary/aromatic N) is 3. The van der Waals surface area contributed by atoms with Crippen molar-refractivity contribution >= 4 is 44.3 Å². The molecule has 0 spiro atoms. The Bertz CT molecular complexity index is 741. The Kier molecular flexibility index (Phi) is 4.33. The molecule has 1 aliphatic heterocycles. The van der Waals surface area contributed by atoms with Gasteiger partial charge in [-0.2, -0.15) is 4.31 Å². The lowest BCUT2D eigenvalue weighted by atomic mass is 10.0. The third-order valence-electron chi connectivity index (χ3n) is 3.42. The molecule has 0 aromatic carbocycles. The van der Waals surface area contributed by atoms with Crippen molar-refractivity contribution in [2.45, 2.75) is 29.9 Å². The van der Waals surface area contributed by atoms with Crippen LogP contribution in [0, 0.1) is 6.92 Å². The van der Waals surface area contributed by atoms with Gasteiger partial charge < -0.3 is 0 Å². The zero-order valence-electron chi connectivity index (χ0n) is 11.3. The summed E-state index contributed by atoms with van der Waals surface area (Å²) in [6.07, 6.45) is 1.79. The van der Waals surface area contributed by atoms with Crippen molar-refractivity contribution in [3.05, 3.63) is 26.5 Å². The van der Waals surface area contributed by atoms with Crippen molar-refractivity contribution in [1.82, 2.24) is 14.5 Å². The lowest BCUT2D eigenvalue weighted by Crippen LogP contribution is -2.38. The summed E-state index contributed by atoms with van der Waals surface area (Å²) in [7, 11) is -3.45. The second kappa shape index (κ2) is 5.92. The molecular weight excluding hydrogens is 350 g/mol. The molecule has 9 heteroatoms. The van der Waals surface area contributed by atoms with Gasteiger partial charge in [-0.05, 0) is 31.9 Å². The molecular formula is C12H14ClN3O2S3. The van der Waals surface area contributed by atoms with Gasteiger partial charge >= 0.3 is 0 Å². The van der Waals surface area contributed by atoms with Gasteiger partial charge in [-0.25, -0.2) is 8.42 Å². The number of thiophene rings is 1. The van der Waals surface area contributed by atoms with Gasteiger partial charge in [0.1, 0.15) is 14.2 Å². The Morgan fingerprint density at radius 3 is 2.76 bits per heavy atom. The minimum Gasteiger partial charge on any atom is -0.206 e. The van der Waals surface area contributed by atoms with E-state index in [9.17, 15) is 8.42 Å². The molecule has 0 amide bonds. The van der Waals surface area contributed by atoms with E-state index >= 15 is 0 Å². The van der Waals surface area contributed by atoms with Crippen LogP contribution >= 0.6 is 34.3 Å². The molecule has 2 aromatic rings. The van der Waals surface area contributed by atoms with Crippen LogP contribution in [0.25, 0.3) is 0 Å². The number of rotatable bonds is 3. The number of piperidine rings is 1. The van der Waals surface area contributed by atoms with Crippen LogP contribution in [-0.2, 0) is 10.0 Å². The molecule has 21 heavy (non-hydrogen) atoms. The summed E-state index contributed by atoms with van der Waals surface area (Å²) >= 11 is 8.50.